The molecule has 0 saturated heterocycles. The van der Waals surface area contributed by atoms with E-state index in [1.165, 1.54) is 43.5 Å². The summed E-state index contributed by atoms with van der Waals surface area (Å²) in [6.07, 6.45) is 0. The van der Waals surface area contributed by atoms with Crippen LogP contribution in [0.25, 0.3) is 11.5 Å². The van der Waals surface area contributed by atoms with Crippen molar-refractivity contribution in [2.24, 2.45) is 0 Å². The van der Waals surface area contributed by atoms with Crippen molar-refractivity contribution in [2.75, 3.05) is 7.11 Å². The number of halogens is 2. The van der Waals surface area contributed by atoms with Gasteiger partial charge in [0, 0.05) is 5.56 Å². The summed E-state index contributed by atoms with van der Waals surface area (Å²) in [4.78, 5) is 11.8. The highest BCUT2D eigenvalue weighted by Crippen LogP contribution is 2.19. The first-order valence-corrected chi connectivity index (χ1v) is 6.73. The maximum absolute atomic E-state index is 13.7. The van der Waals surface area contributed by atoms with Crippen LogP contribution >= 0.6 is 0 Å². The molecule has 0 saturated carbocycles. The van der Waals surface area contributed by atoms with Crippen LogP contribution in [0.3, 0.4) is 0 Å². The molecule has 0 bridgehead atoms. The molecule has 2 aromatic carbocycles. The number of hydrogen-bond donors (Lipinski definition) is 0. The minimum absolute atomic E-state index is 0.0461. The van der Waals surface area contributed by atoms with E-state index in [1.54, 1.807) is 6.07 Å². The molecule has 118 valence electrons. The highest BCUT2D eigenvalue weighted by molar-refractivity contribution is 5.51. The average molecular weight is 318 g/mol. The quantitative estimate of drug-likeness (QED) is 0.742. The Morgan fingerprint density at radius 2 is 1.91 bits per heavy atom. The first-order chi connectivity index (χ1) is 11.1. The number of rotatable bonds is 4. The number of benzene rings is 2. The van der Waals surface area contributed by atoms with E-state index in [-0.39, 0.29) is 18.2 Å². The van der Waals surface area contributed by atoms with E-state index in [0.29, 0.717) is 11.1 Å². The Hall–Kier alpha value is -2.96. The van der Waals surface area contributed by atoms with Crippen molar-refractivity contribution < 1.29 is 17.9 Å². The summed E-state index contributed by atoms with van der Waals surface area (Å²) in [5.74, 6) is -1.41. The van der Waals surface area contributed by atoms with Gasteiger partial charge in [0.15, 0.2) is 11.6 Å². The summed E-state index contributed by atoms with van der Waals surface area (Å²) in [6, 6.07) is 9.76. The zero-order valence-corrected chi connectivity index (χ0v) is 12.1. The second-order valence-corrected chi connectivity index (χ2v) is 4.81. The number of methoxy groups -OCH3 is 1. The van der Waals surface area contributed by atoms with Gasteiger partial charge in [0.25, 0.3) is 0 Å². The van der Waals surface area contributed by atoms with Gasteiger partial charge in [-0.25, -0.2) is 13.6 Å². The van der Waals surface area contributed by atoms with Gasteiger partial charge in [-0.3, -0.25) is 0 Å². The van der Waals surface area contributed by atoms with Crippen molar-refractivity contribution in [3.63, 3.8) is 0 Å². The first kappa shape index (κ1) is 15.0. The molecule has 0 aliphatic heterocycles. The summed E-state index contributed by atoms with van der Waals surface area (Å²) < 4.78 is 37.5. The lowest BCUT2D eigenvalue weighted by atomic mass is 10.2. The van der Waals surface area contributed by atoms with Crippen LogP contribution in [0.1, 0.15) is 5.56 Å². The van der Waals surface area contributed by atoms with E-state index in [4.69, 9.17) is 9.15 Å². The molecule has 0 N–H and O–H groups in total. The summed E-state index contributed by atoms with van der Waals surface area (Å²) in [5.41, 5.74) is 1.01. The van der Waals surface area contributed by atoms with E-state index in [2.05, 4.69) is 5.10 Å². The number of nitrogens with zero attached hydrogens (tertiary/aromatic N) is 2. The predicted molar refractivity (Wildman–Crippen MR) is 78.2 cm³/mol. The average Bonchev–Trinajstić information content (AvgIpc) is 2.89. The molecule has 1 aromatic heterocycles. The highest BCUT2D eigenvalue weighted by atomic mass is 19.1. The Morgan fingerprint density at radius 1 is 1.17 bits per heavy atom. The molecule has 1 heterocycles. The van der Waals surface area contributed by atoms with E-state index in [1.807, 2.05) is 0 Å². The summed E-state index contributed by atoms with van der Waals surface area (Å²) in [6.45, 7) is 0.0461. The van der Waals surface area contributed by atoms with Gasteiger partial charge in [0.05, 0.1) is 13.7 Å². The van der Waals surface area contributed by atoms with Crippen molar-refractivity contribution >= 4 is 0 Å². The Bertz CT molecular complexity index is 885. The van der Waals surface area contributed by atoms with E-state index < -0.39 is 17.4 Å². The third kappa shape index (κ3) is 3.13. The lowest BCUT2D eigenvalue weighted by molar-refractivity contribution is 0.386. The first-order valence-electron chi connectivity index (χ1n) is 6.73. The Kier molecular flexibility index (Phi) is 3.92. The molecule has 0 spiro atoms. The zero-order chi connectivity index (χ0) is 16.4. The molecule has 23 heavy (non-hydrogen) atoms. The fourth-order valence-corrected chi connectivity index (χ4v) is 2.10. The van der Waals surface area contributed by atoms with E-state index in [0.717, 1.165) is 4.68 Å². The standard InChI is InChI=1S/C16H12F2N2O3/c1-22-14-7-2-10(8-13(14)18)9-20-16(21)23-15(19-20)11-3-5-12(17)6-4-11/h2-8H,9H2,1H3. The summed E-state index contributed by atoms with van der Waals surface area (Å²) >= 11 is 0. The molecule has 5 nitrogen and oxygen atoms in total. The van der Waals surface area contributed by atoms with Crippen LogP contribution < -0.4 is 10.5 Å². The molecule has 3 rings (SSSR count). The Labute approximate surface area is 129 Å². The fraction of sp³-hybridized carbons (Fsp3) is 0.125. The molecular formula is C16H12F2N2O3. The monoisotopic (exact) mass is 318 g/mol. The molecule has 0 atom stereocenters. The molecule has 0 aliphatic rings. The van der Waals surface area contributed by atoms with Gasteiger partial charge in [-0.2, -0.15) is 4.68 Å². The predicted octanol–water partition coefficient (Wildman–Crippen LogP) is 2.84. The van der Waals surface area contributed by atoms with Crippen LogP contribution in [0, 0.1) is 11.6 Å². The van der Waals surface area contributed by atoms with Gasteiger partial charge < -0.3 is 9.15 Å². The second-order valence-electron chi connectivity index (χ2n) is 4.81. The number of ether oxygens (including phenoxy) is 1. The second kappa shape index (κ2) is 6.04. The van der Waals surface area contributed by atoms with Gasteiger partial charge in [-0.1, -0.05) is 6.07 Å². The van der Waals surface area contributed by atoms with Crippen molar-refractivity contribution in [3.05, 3.63) is 70.2 Å². The van der Waals surface area contributed by atoms with Crippen LogP contribution in [0.5, 0.6) is 5.75 Å². The third-order valence-electron chi connectivity index (χ3n) is 3.25. The molecular weight excluding hydrogens is 306 g/mol. The van der Waals surface area contributed by atoms with Gasteiger partial charge >= 0.3 is 5.76 Å². The van der Waals surface area contributed by atoms with Crippen LogP contribution in [-0.4, -0.2) is 16.9 Å². The number of hydrogen-bond acceptors (Lipinski definition) is 4. The van der Waals surface area contributed by atoms with E-state index >= 15 is 0 Å². The molecule has 0 fully saturated rings. The molecule has 0 unspecified atom stereocenters. The lowest BCUT2D eigenvalue weighted by Crippen LogP contribution is -2.16. The third-order valence-corrected chi connectivity index (χ3v) is 3.25. The van der Waals surface area contributed by atoms with Crippen molar-refractivity contribution in [1.29, 1.82) is 0 Å². The molecule has 0 aliphatic carbocycles. The Balaban J connectivity index is 1.88. The molecule has 3 aromatic rings. The minimum Gasteiger partial charge on any atom is -0.494 e. The van der Waals surface area contributed by atoms with Gasteiger partial charge in [-0.15, -0.1) is 5.10 Å². The maximum atomic E-state index is 13.7. The zero-order valence-electron chi connectivity index (χ0n) is 12.1. The van der Waals surface area contributed by atoms with Crippen LogP contribution in [0.15, 0.2) is 51.7 Å². The van der Waals surface area contributed by atoms with Crippen molar-refractivity contribution in [1.82, 2.24) is 9.78 Å². The normalized spacial score (nSPS) is 10.7. The molecule has 7 heteroatoms. The van der Waals surface area contributed by atoms with Gasteiger partial charge in [0.1, 0.15) is 5.82 Å². The fourth-order valence-electron chi connectivity index (χ4n) is 2.10. The van der Waals surface area contributed by atoms with Crippen LogP contribution in [0.2, 0.25) is 0 Å². The summed E-state index contributed by atoms with van der Waals surface area (Å²) in [7, 11) is 1.37. The van der Waals surface area contributed by atoms with Gasteiger partial charge in [0.2, 0.25) is 5.89 Å². The van der Waals surface area contributed by atoms with Crippen molar-refractivity contribution in [3.8, 4) is 17.2 Å². The molecule has 0 radical (unpaired) electrons. The highest BCUT2D eigenvalue weighted by Gasteiger charge is 2.12. The SMILES string of the molecule is COc1ccc(Cn2nc(-c3ccc(F)cc3)oc2=O)cc1F. The van der Waals surface area contributed by atoms with Crippen LogP contribution in [0.4, 0.5) is 8.78 Å². The smallest absolute Gasteiger partial charge is 0.437 e. The van der Waals surface area contributed by atoms with Gasteiger partial charge in [-0.05, 0) is 42.0 Å². The summed E-state index contributed by atoms with van der Waals surface area (Å²) in [5, 5.41) is 4.04. The topological polar surface area (TPSA) is 57.3 Å². The number of aromatic nitrogens is 2. The lowest BCUT2D eigenvalue weighted by Gasteiger charge is -2.04. The largest absolute Gasteiger partial charge is 0.494 e. The molecule has 0 amide bonds. The maximum Gasteiger partial charge on any atom is 0.437 e. The Morgan fingerprint density at radius 3 is 2.57 bits per heavy atom. The van der Waals surface area contributed by atoms with Crippen LogP contribution in [-0.2, 0) is 6.54 Å². The van der Waals surface area contributed by atoms with E-state index in [9.17, 15) is 13.6 Å². The minimum atomic E-state index is -0.680. The van der Waals surface area contributed by atoms with Crippen molar-refractivity contribution in [2.45, 2.75) is 6.54 Å².